The number of rotatable bonds is 1. The van der Waals surface area contributed by atoms with Crippen molar-refractivity contribution in [2.24, 2.45) is 17.3 Å². The molecule has 0 amide bonds. The Morgan fingerprint density at radius 1 is 1.29 bits per heavy atom. The maximum absolute atomic E-state index is 11.6. The van der Waals surface area contributed by atoms with Crippen molar-refractivity contribution in [3.63, 3.8) is 0 Å². The molecule has 14 heavy (non-hydrogen) atoms. The predicted octanol–water partition coefficient (Wildman–Crippen LogP) is 2.49. The minimum atomic E-state index is -2.76. The van der Waals surface area contributed by atoms with E-state index in [0.717, 1.165) is 12.8 Å². The van der Waals surface area contributed by atoms with E-state index in [0.29, 0.717) is 23.3 Å². The van der Waals surface area contributed by atoms with Crippen molar-refractivity contribution in [1.82, 2.24) is 0 Å². The second-order valence-corrected chi connectivity index (χ2v) is 7.77. The first-order chi connectivity index (χ1) is 6.26. The Morgan fingerprint density at radius 2 is 1.86 bits per heavy atom. The Balaban J connectivity index is 2.87. The molecule has 2 nitrogen and oxygen atoms in total. The van der Waals surface area contributed by atoms with Crippen LogP contribution in [0.2, 0.25) is 0 Å². The molecule has 0 aromatic carbocycles. The maximum atomic E-state index is 11.6. The summed E-state index contributed by atoms with van der Waals surface area (Å²) in [6.45, 7) is 8.63. The molecule has 1 rings (SSSR count). The van der Waals surface area contributed by atoms with Crippen molar-refractivity contribution in [1.29, 1.82) is 0 Å². The molecule has 0 aromatic heterocycles. The van der Waals surface area contributed by atoms with Gasteiger partial charge >= 0.3 is 0 Å². The Morgan fingerprint density at radius 3 is 2.29 bits per heavy atom. The molecule has 1 heterocycles. The van der Waals surface area contributed by atoms with E-state index in [1.807, 2.05) is 0 Å². The largest absolute Gasteiger partial charge is 0.229 e. The van der Waals surface area contributed by atoms with Gasteiger partial charge in [-0.05, 0) is 23.7 Å². The van der Waals surface area contributed by atoms with Crippen LogP contribution < -0.4 is 0 Å². The maximum Gasteiger partial charge on any atom is 0.150 e. The second kappa shape index (κ2) is 3.84. The van der Waals surface area contributed by atoms with Crippen molar-refractivity contribution in [3.8, 4) is 0 Å². The van der Waals surface area contributed by atoms with E-state index in [1.54, 1.807) is 0 Å². The molecule has 2 atom stereocenters. The molecule has 0 aromatic rings. The molecular weight excluding hydrogens is 196 g/mol. The Kier molecular flexibility index (Phi) is 3.30. The van der Waals surface area contributed by atoms with Gasteiger partial charge < -0.3 is 0 Å². The van der Waals surface area contributed by atoms with E-state index in [4.69, 9.17) is 0 Å². The first-order valence-corrected chi connectivity index (χ1v) is 7.29. The van der Waals surface area contributed by atoms with Crippen LogP contribution in [0, 0.1) is 17.3 Å². The van der Waals surface area contributed by atoms with Crippen LogP contribution in [0.5, 0.6) is 0 Å². The fourth-order valence-corrected chi connectivity index (χ4v) is 4.62. The highest BCUT2D eigenvalue weighted by atomic mass is 32.2. The molecule has 84 valence electrons. The van der Waals surface area contributed by atoms with Crippen LogP contribution in [0.3, 0.4) is 0 Å². The lowest BCUT2D eigenvalue weighted by Gasteiger charge is -2.39. The topological polar surface area (TPSA) is 34.1 Å². The average Bonchev–Trinajstić information content (AvgIpc) is 2.01. The van der Waals surface area contributed by atoms with Crippen molar-refractivity contribution in [3.05, 3.63) is 0 Å². The van der Waals surface area contributed by atoms with Crippen LogP contribution in [0.1, 0.15) is 40.5 Å². The SMILES string of the molecule is CCC1CCS(=O)(=O)CC1C(C)(C)C. The standard InChI is InChI=1S/C11H22O2S/c1-5-9-6-7-14(12,13)8-10(9)11(2,3)4/h9-10H,5-8H2,1-4H3. The van der Waals surface area contributed by atoms with Crippen molar-refractivity contribution in [2.45, 2.75) is 40.5 Å². The normalized spacial score (nSPS) is 32.9. The monoisotopic (exact) mass is 218 g/mol. The lowest BCUT2D eigenvalue weighted by molar-refractivity contribution is 0.164. The predicted molar refractivity (Wildman–Crippen MR) is 60.0 cm³/mol. The van der Waals surface area contributed by atoms with Gasteiger partial charge in [0, 0.05) is 0 Å². The van der Waals surface area contributed by atoms with E-state index >= 15 is 0 Å². The fraction of sp³-hybridized carbons (Fsp3) is 1.00. The molecular formula is C11H22O2S. The third-order valence-corrected chi connectivity index (χ3v) is 5.16. The first-order valence-electron chi connectivity index (χ1n) is 5.46. The zero-order valence-electron chi connectivity index (χ0n) is 9.71. The Bertz CT molecular complexity index is 285. The van der Waals surface area contributed by atoms with E-state index in [2.05, 4.69) is 27.7 Å². The van der Waals surface area contributed by atoms with E-state index in [9.17, 15) is 8.42 Å². The molecule has 0 aliphatic carbocycles. The van der Waals surface area contributed by atoms with Gasteiger partial charge in [-0.25, -0.2) is 8.42 Å². The molecule has 1 saturated heterocycles. The van der Waals surface area contributed by atoms with Crippen molar-refractivity contribution in [2.75, 3.05) is 11.5 Å². The summed E-state index contributed by atoms with van der Waals surface area (Å²) in [6.07, 6.45) is 1.97. The van der Waals surface area contributed by atoms with Gasteiger partial charge in [0.15, 0.2) is 9.84 Å². The van der Waals surface area contributed by atoms with Crippen LogP contribution in [-0.4, -0.2) is 19.9 Å². The highest BCUT2D eigenvalue weighted by Gasteiger charge is 2.38. The fourth-order valence-electron chi connectivity index (χ4n) is 2.47. The van der Waals surface area contributed by atoms with Crippen LogP contribution in [-0.2, 0) is 9.84 Å². The first kappa shape index (κ1) is 12.0. The Labute approximate surface area is 88.0 Å². The van der Waals surface area contributed by atoms with Crippen LogP contribution in [0.25, 0.3) is 0 Å². The molecule has 0 radical (unpaired) electrons. The molecule has 1 aliphatic rings. The summed E-state index contributed by atoms with van der Waals surface area (Å²) in [6, 6.07) is 0. The lowest BCUT2D eigenvalue weighted by Crippen LogP contribution is -2.39. The second-order valence-electron chi connectivity index (χ2n) is 5.54. The third-order valence-electron chi connectivity index (χ3n) is 3.44. The third kappa shape index (κ3) is 2.72. The minimum absolute atomic E-state index is 0.119. The molecule has 0 spiro atoms. The van der Waals surface area contributed by atoms with Gasteiger partial charge in [0.2, 0.25) is 0 Å². The van der Waals surface area contributed by atoms with Gasteiger partial charge in [0.1, 0.15) is 0 Å². The van der Waals surface area contributed by atoms with Gasteiger partial charge in [-0.1, -0.05) is 34.1 Å². The molecule has 0 N–H and O–H groups in total. The molecule has 3 heteroatoms. The molecule has 0 saturated carbocycles. The van der Waals surface area contributed by atoms with E-state index in [1.165, 1.54) is 0 Å². The smallest absolute Gasteiger partial charge is 0.150 e. The average molecular weight is 218 g/mol. The molecule has 2 unspecified atom stereocenters. The molecule has 1 aliphatic heterocycles. The summed E-state index contributed by atoms with van der Waals surface area (Å²) in [4.78, 5) is 0. The summed E-state index contributed by atoms with van der Waals surface area (Å²) in [7, 11) is -2.76. The van der Waals surface area contributed by atoms with Gasteiger partial charge in [0.05, 0.1) is 11.5 Å². The quantitative estimate of drug-likeness (QED) is 0.677. The van der Waals surface area contributed by atoms with Gasteiger partial charge in [-0.3, -0.25) is 0 Å². The summed E-state index contributed by atoms with van der Waals surface area (Å²) >= 11 is 0. The zero-order chi connectivity index (χ0) is 11.0. The van der Waals surface area contributed by atoms with Crippen LogP contribution in [0.4, 0.5) is 0 Å². The van der Waals surface area contributed by atoms with Gasteiger partial charge in [-0.15, -0.1) is 0 Å². The minimum Gasteiger partial charge on any atom is -0.229 e. The summed E-state index contributed by atoms with van der Waals surface area (Å²) in [5, 5.41) is 0. The summed E-state index contributed by atoms with van der Waals surface area (Å²) in [5.74, 6) is 1.73. The van der Waals surface area contributed by atoms with Gasteiger partial charge in [-0.2, -0.15) is 0 Å². The highest BCUT2D eigenvalue weighted by molar-refractivity contribution is 7.91. The van der Waals surface area contributed by atoms with Crippen LogP contribution in [0.15, 0.2) is 0 Å². The zero-order valence-corrected chi connectivity index (χ0v) is 10.5. The van der Waals surface area contributed by atoms with Crippen LogP contribution >= 0.6 is 0 Å². The number of hydrogen-bond acceptors (Lipinski definition) is 2. The van der Waals surface area contributed by atoms with Gasteiger partial charge in [0.25, 0.3) is 0 Å². The summed E-state index contributed by atoms with van der Waals surface area (Å²) < 4.78 is 23.1. The molecule has 1 fully saturated rings. The lowest BCUT2D eigenvalue weighted by atomic mass is 9.72. The highest BCUT2D eigenvalue weighted by Crippen LogP contribution is 2.39. The number of sulfone groups is 1. The summed E-state index contributed by atoms with van der Waals surface area (Å²) in [5.41, 5.74) is 0.119. The number of hydrogen-bond donors (Lipinski definition) is 0. The molecule has 0 bridgehead atoms. The van der Waals surface area contributed by atoms with E-state index < -0.39 is 9.84 Å². The van der Waals surface area contributed by atoms with Crippen molar-refractivity contribution < 1.29 is 8.42 Å². The van der Waals surface area contributed by atoms with E-state index in [-0.39, 0.29) is 5.41 Å². The van der Waals surface area contributed by atoms with Crippen molar-refractivity contribution >= 4 is 9.84 Å². The Hall–Kier alpha value is -0.0500.